The largest absolute Gasteiger partial charge is 0.451 e. The van der Waals surface area contributed by atoms with Gasteiger partial charge in [-0.3, -0.25) is 4.79 Å². The van der Waals surface area contributed by atoms with Gasteiger partial charge >= 0.3 is 6.18 Å². The fourth-order valence-corrected chi connectivity index (χ4v) is 5.12. The zero-order valence-electron chi connectivity index (χ0n) is 14.6. The van der Waals surface area contributed by atoms with Crippen molar-refractivity contribution in [3.63, 3.8) is 0 Å². The molecule has 3 heterocycles. The first kappa shape index (κ1) is 19.2. The van der Waals surface area contributed by atoms with Crippen molar-refractivity contribution in [2.24, 2.45) is 0 Å². The Morgan fingerprint density at radius 1 is 1.21 bits per heavy atom. The van der Waals surface area contributed by atoms with Gasteiger partial charge in [-0.2, -0.15) is 13.2 Å². The number of halogens is 3. The van der Waals surface area contributed by atoms with Gasteiger partial charge in [0, 0.05) is 16.8 Å². The van der Waals surface area contributed by atoms with E-state index in [0.29, 0.717) is 11.9 Å². The maximum absolute atomic E-state index is 13.1. The van der Waals surface area contributed by atoms with Crippen molar-refractivity contribution in [3.8, 4) is 0 Å². The quantitative estimate of drug-likeness (QED) is 0.429. The molecular weight excluding hydrogens is 407 g/mol. The number of thiophene rings is 1. The first-order valence-corrected chi connectivity index (χ1v) is 10.6. The summed E-state index contributed by atoms with van der Waals surface area (Å²) in [6.45, 7) is 0.667. The first-order valence-electron chi connectivity index (χ1n) is 8.73. The summed E-state index contributed by atoms with van der Waals surface area (Å²) in [7, 11) is 0. The Balaban J connectivity index is 1.56. The Bertz CT molecular complexity index is 992. The van der Waals surface area contributed by atoms with Crippen molar-refractivity contribution in [3.05, 3.63) is 52.5 Å². The zero-order chi connectivity index (χ0) is 19.7. The van der Waals surface area contributed by atoms with Crippen LogP contribution in [0.15, 0.2) is 46.8 Å². The molecule has 0 saturated carbocycles. The van der Waals surface area contributed by atoms with Gasteiger partial charge in [0.05, 0.1) is 17.3 Å². The molecule has 4 rings (SSSR count). The second-order valence-electron chi connectivity index (χ2n) is 6.42. The average Bonchev–Trinajstić information content (AvgIpc) is 3.35. The number of thioether (sulfide) groups is 1. The Morgan fingerprint density at radius 3 is 2.79 bits per heavy atom. The number of carbonyl (C=O) groups is 1. The molecular formula is C19H16F3N3OS2. The molecule has 0 N–H and O–H groups in total. The van der Waals surface area contributed by atoms with Gasteiger partial charge < -0.3 is 4.90 Å². The predicted molar refractivity (Wildman–Crippen MR) is 103 cm³/mol. The van der Waals surface area contributed by atoms with Gasteiger partial charge in [0.25, 0.3) is 0 Å². The summed E-state index contributed by atoms with van der Waals surface area (Å²) in [6, 6.07) is 10.6. The van der Waals surface area contributed by atoms with E-state index in [-0.39, 0.29) is 28.2 Å². The van der Waals surface area contributed by atoms with E-state index < -0.39 is 12.0 Å². The standard InChI is InChI=1S/C19H16F3N3OS2/c20-19(21,22)18-23-13-6-2-1-5-12(13)17(24-18)28-11-16(26)25-9-3-7-14(25)15-8-4-10-27-15/h1-2,4-6,8,10,14H,3,7,9,11H2/t14-/m1/s1. The minimum Gasteiger partial charge on any atom is -0.334 e. The van der Waals surface area contributed by atoms with E-state index in [4.69, 9.17) is 0 Å². The van der Waals surface area contributed by atoms with E-state index in [2.05, 4.69) is 9.97 Å². The van der Waals surface area contributed by atoms with Crippen molar-refractivity contribution < 1.29 is 18.0 Å². The number of para-hydroxylation sites is 1. The normalized spacial score (nSPS) is 17.4. The highest BCUT2D eigenvalue weighted by atomic mass is 32.2. The van der Waals surface area contributed by atoms with Crippen LogP contribution in [0.2, 0.25) is 0 Å². The van der Waals surface area contributed by atoms with Crippen LogP contribution >= 0.6 is 23.1 Å². The molecule has 3 aromatic rings. The van der Waals surface area contributed by atoms with Crippen LogP contribution in [0, 0.1) is 0 Å². The van der Waals surface area contributed by atoms with E-state index >= 15 is 0 Å². The first-order chi connectivity index (χ1) is 13.4. The molecule has 1 aliphatic rings. The van der Waals surface area contributed by atoms with Gasteiger partial charge in [-0.25, -0.2) is 9.97 Å². The van der Waals surface area contributed by atoms with Crippen LogP contribution in [0.3, 0.4) is 0 Å². The number of nitrogens with zero attached hydrogens (tertiary/aromatic N) is 3. The lowest BCUT2D eigenvalue weighted by Crippen LogP contribution is -2.31. The molecule has 0 bridgehead atoms. The molecule has 0 spiro atoms. The van der Waals surface area contributed by atoms with Gasteiger partial charge in [0.15, 0.2) is 0 Å². The average molecular weight is 423 g/mol. The van der Waals surface area contributed by atoms with E-state index in [1.165, 1.54) is 6.07 Å². The molecule has 1 aromatic carbocycles. The number of amides is 1. The van der Waals surface area contributed by atoms with Crippen LogP contribution < -0.4 is 0 Å². The highest BCUT2D eigenvalue weighted by molar-refractivity contribution is 8.00. The summed E-state index contributed by atoms with van der Waals surface area (Å²) < 4.78 is 39.4. The highest BCUT2D eigenvalue weighted by Gasteiger charge is 2.36. The van der Waals surface area contributed by atoms with E-state index in [1.54, 1.807) is 29.5 Å². The smallest absolute Gasteiger partial charge is 0.334 e. The van der Waals surface area contributed by atoms with E-state index in [1.807, 2.05) is 22.4 Å². The molecule has 1 amide bonds. The number of aromatic nitrogens is 2. The zero-order valence-corrected chi connectivity index (χ0v) is 16.3. The van der Waals surface area contributed by atoms with Crippen molar-refractivity contribution in [2.75, 3.05) is 12.3 Å². The molecule has 1 fully saturated rings. The van der Waals surface area contributed by atoms with Gasteiger partial charge in [0.1, 0.15) is 5.03 Å². The lowest BCUT2D eigenvalue weighted by Gasteiger charge is -2.23. The SMILES string of the molecule is O=C(CSc1nc(C(F)(F)F)nc2ccccc12)N1CCC[C@@H]1c1cccs1. The topological polar surface area (TPSA) is 46.1 Å². The minimum absolute atomic E-state index is 0.0418. The minimum atomic E-state index is -4.64. The third-order valence-electron chi connectivity index (χ3n) is 4.60. The van der Waals surface area contributed by atoms with E-state index in [0.717, 1.165) is 29.5 Å². The van der Waals surface area contributed by atoms with E-state index in [9.17, 15) is 18.0 Å². The molecule has 28 heavy (non-hydrogen) atoms. The lowest BCUT2D eigenvalue weighted by molar-refractivity contribution is -0.145. The molecule has 2 aromatic heterocycles. The number of rotatable bonds is 4. The molecule has 0 radical (unpaired) electrons. The summed E-state index contributed by atoms with van der Waals surface area (Å²) in [5.74, 6) is -1.23. The molecule has 1 saturated heterocycles. The van der Waals surface area contributed by atoms with Crippen LogP contribution in [0.5, 0.6) is 0 Å². The number of hydrogen-bond acceptors (Lipinski definition) is 5. The Labute approximate surface area is 167 Å². The highest BCUT2D eigenvalue weighted by Crippen LogP contribution is 2.36. The molecule has 0 unspecified atom stereocenters. The van der Waals surface area contributed by atoms with Crippen molar-refractivity contribution in [2.45, 2.75) is 30.1 Å². The Morgan fingerprint density at radius 2 is 2.04 bits per heavy atom. The third-order valence-corrected chi connectivity index (χ3v) is 6.55. The second kappa shape index (κ2) is 7.71. The van der Waals surface area contributed by atoms with Crippen LogP contribution in [-0.2, 0) is 11.0 Å². The van der Waals surface area contributed by atoms with Gasteiger partial charge in [-0.05, 0) is 30.4 Å². The van der Waals surface area contributed by atoms with Crippen LogP contribution in [0.4, 0.5) is 13.2 Å². The fourth-order valence-electron chi connectivity index (χ4n) is 3.34. The predicted octanol–water partition coefficient (Wildman–Crippen LogP) is 5.17. The molecule has 4 nitrogen and oxygen atoms in total. The summed E-state index contributed by atoms with van der Waals surface area (Å²) >= 11 is 2.65. The van der Waals surface area contributed by atoms with Gasteiger partial charge in [-0.1, -0.05) is 36.0 Å². The molecule has 9 heteroatoms. The third kappa shape index (κ3) is 3.86. The van der Waals surface area contributed by atoms with Crippen LogP contribution in [-0.4, -0.2) is 33.1 Å². The number of alkyl halides is 3. The fraction of sp³-hybridized carbons (Fsp3) is 0.316. The number of hydrogen-bond donors (Lipinski definition) is 0. The van der Waals surface area contributed by atoms with Crippen molar-refractivity contribution >= 4 is 39.9 Å². The molecule has 0 aliphatic carbocycles. The monoisotopic (exact) mass is 423 g/mol. The van der Waals surface area contributed by atoms with Crippen LogP contribution in [0.25, 0.3) is 10.9 Å². The van der Waals surface area contributed by atoms with Crippen molar-refractivity contribution in [1.82, 2.24) is 14.9 Å². The Hall–Kier alpha value is -2.13. The number of fused-ring (bicyclic) bond motifs is 1. The number of carbonyl (C=O) groups excluding carboxylic acids is 1. The molecule has 1 atom stereocenters. The summed E-state index contributed by atoms with van der Waals surface area (Å²) in [4.78, 5) is 23.1. The van der Waals surface area contributed by atoms with Crippen LogP contribution in [0.1, 0.15) is 29.6 Å². The second-order valence-corrected chi connectivity index (χ2v) is 8.36. The summed E-state index contributed by atoms with van der Waals surface area (Å²) in [5, 5.41) is 2.68. The maximum Gasteiger partial charge on any atom is 0.451 e. The van der Waals surface area contributed by atoms with Gasteiger partial charge in [-0.15, -0.1) is 11.3 Å². The van der Waals surface area contributed by atoms with Crippen molar-refractivity contribution in [1.29, 1.82) is 0 Å². The molecule has 146 valence electrons. The molecule has 1 aliphatic heterocycles. The summed E-state index contributed by atoms with van der Waals surface area (Å²) in [5.41, 5.74) is 0.220. The summed E-state index contributed by atoms with van der Waals surface area (Å²) in [6.07, 6.45) is -2.80. The Kier molecular flexibility index (Phi) is 5.29. The number of benzene rings is 1. The lowest BCUT2D eigenvalue weighted by atomic mass is 10.2. The number of likely N-dealkylation sites (tertiary alicyclic amines) is 1. The van der Waals surface area contributed by atoms with Gasteiger partial charge in [0.2, 0.25) is 11.7 Å². The maximum atomic E-state index is 13.1.